The average Bonchev–Trinajstić information content (AvgIpc) is 3.58. The summed E-state index contributed by atoms with van der Waals surface area (Å²) in [5.41, 5.74) is 7.41. The molecule has 30 heavy (non-hydrogen) atoms. The molecule has 0 atom stereocenters. The molecule has 0 N–H and O–H groups in total. The van der Waals surface area contributed by atoms with Crippen LogP contribution in [0, 0.1) is 6.92 Å². The lowest BCUT2D eigenvalue weighted by molar-refractivity contribution is 0.592. The quantitative estimate of drug-likeness (QED) is 0.548. The average molecular weight is 414 g/mol. The molecule has 1 fully saturated rings. The Bertz CT molecular complexity index is 1260. The van der Waals surface area contributed by atoms with Crippen molar-refractivity contribution in [2.45, 2.75) is 24.7 Å². The van der Waals surface area contributed by atoms with Crippen molar-refractivity contribution < 1.29 is 8.42 Å². The van der Waals surface area contributed by atoms with Crippen molar-refractivity contribution in [1.29, 1.82) is 0 Å². The first-order valence-corrected chi connectivity index (χ1v) is 11.6. The van der Waals surface area contributed by atoms with Gasteiger partial charge >= 0.3 is 0 Å². The van der Waals surface area contributed by atoms with Gasteiger partial charge in [-0.05, 0) is 54.7 Å². The Balaban J connectivity index is 1.71. The Morgan fingerprint density at radius 1 is 0.833 bits per heavy atom. The zero-order valence-corrected chi connectivity index (χ0v) is 17.7. The second kappa shape index (κ2) is 7.29. The van der Waals surface area contributed by atoms with E-state index >= 15 is 0 Å². The van der Waals surface area contributed by atoms with E-state index in [-0.39, 0.29) is 0 Å². The van der Waals surface area contributed by atoms with Gasteiger partial charge in [0, 0.05) is 5.56 Å². The van der Waals surface area contributed by atoms with Gasteiger partial charge in [-0.2, -0.15) is 0 Å². The van der Waals surface area contributed by atoms with Gasteiger partial charge in [-0.3, -0.25) is 4.31 Å². The Hall–Kier alpha value is -3.11. The van der Waals surface area contributed by atoms with Gasteiger partial charge < -0.3 is 0 Å². The molecule has 0 spiro atoms. The molecule has 0 amide bonds. The molecule has 1 aliphatic carbocycles. The third-order valence-corrected chi connectivity index (χ3v) is 7.44. The minimum Gasteiger partial charge on any atom is -0.261 e. The molecule has 0 aromatic heterocycles. The van der Waals surface area contributed by atoms with Crippen LogP contribution in [0.3, 0.4) is 0 Å². The summed E-state index contributed by atoms with van der Waals surface area (Å²) in [6, 6.07) is 25.2. The van der Waals surface area contributed by atoms with Gasteiger partial charge in [0.15, 0.2) is 0 Å². The highest BCUT2D eigenvalue weighted by atomic mass is 32.2. The fraction of sp³-hybridized carbons (Fsp3) is 0.154. The van der Waals surface area contributed by atoms with E-state index in [1.165, 1.54) is 5.57 Å². The number of allylic oxidation sites excluding steroid dienone is 1. The van der Waals surface area contributed by atoms with E-state index in [9.17, 15) is 8.42 Å². The molecule has 0 radical (unpaired) electrons. The predicted octanol–water partition coefficient (Wildman–Crippen LogP) is 5.73. The lowest BCUT2D eigenvalue weighted by atomic mass is 9.89. The Morgan fingerprint density at radius 3 is 2.20 bits per heavy atom. The Kier molecular flexibility index (Phi) is 4.59. The van der Waals surface area contributed by atoms with Crippen LogP contribution in [0.4, 0.5) is 5.69 Å². The molecule has 3 nitrogen and oxygen atoms in total. The van der Waals surface area contributed by atoms with Gasteiger partial charge in [-0.15, -0.1) is 0 Å². The summed E-state index contributed by atoms with van der Waals surface area (Å²) in [5.74, 6) is 0. The van der Waals surface area contributed by atoms with Crippen molar-refractivity contribution in [3.63, 3.8) is 0 Å². The highest BCUT2D eigenvalue weighted by molar-refractivity contribution is 7.92. The summed E-state index contributed by atoms with van der Waals surface area (Å²) < 4.78 is 28.8. The van der Waals surface area contributed by atoms with Crippen LogP contribution in [0.2, 0.25) is 0 Å². The lowest BCUT2D eigenvalue weighted by Gasteiger charge is -2.33. The van der Waals surface area contributed by atoms with Crippen molar-refractivity contribution in [2.24, 2.45) is 0 Å². The van der Waals surface area contributed by atoms with Gasteiger partial charge in [0.25, 0.3) is 10.0 Å². The van der Waals surface area contributed by atoms with Crippen LogP contribution in [0.15, 0.2) is 101 Å². The Labute approximate surface area is 178 Å². The first-order valence-electron chi connectivity index (χ1n) is 10.2. The van der Waals surface area contributed by atoms with Gasteiger partial charge in [0.1, 0.15) is 0 Å². The molecule has 2 aliphatic rings. The third-order valence-electron chi connectivity index (χ3n) is 5.67. The number of aryl methyl sites for hydroxylation is 1. The zero-order valence-electron chi connectivity index (χ0n) is 16.9. The molecule has 0 saturated heterocycles. The molecule has 1 aliphatic heterocycles. The minimum absolute atomic E-state index is 0.324. The maximum absolute atomic E-state index is 13.6. The van der Waals surface area contributed by atoms with Gasteiger partial charge in [0.2, 0.25) is 0 Å². The number of rotatable bonds is 4. The highest BCUT2D eigenvalue weighted by Gasteiger charge is 2.33. The van der Waals surface area contributed by atoms with Crippen molar-refractivity contribution in [1.82, 2.24) is 0 Å². The first kappa shape index (κ1) is 18.9. The fourth-order valence-electron chi connectivity index (χ4n) is 3.97. The third kappa shape index (κ3) is 3.37. The van der Waals surface area contributed by atoms with Crippen LogP contribution in [0.5, 0.6) is 0 Å². The molecule has 3 aromatic rings. The van der Waals surface area contributed by atoms with Crippen LogP contribution >= 0.6 is 0 Å². The molecule has 1 heterocycles. The summed E-state index contributed by atoms with van der Waals surface area (Å²) in [6.07, 6.45) is 4.39. The van der Waals surface area contributed by atoms with Gasteiger partial charge in [-0.1, -0.05) is 77.9 Å². The van der Waals surface area contributed by atoms with Gasteiger partial charge in [0.05, 0.1) is 17.1 Å². The van der Waals surface area contributed by atoms with E-state index in [0.717, 1.165) is 46.4 Å². The maximum atomic E-state index is 13.6. The summed E-state index contributed by atoms with van der Waals surface area (Å²) in [6.45, 7) is 2.29. The molecular weight excluding hydrogens is 390 g/mol. The van der Waals surface area contributed by atoms with Crippen molar-refractivity contribution in [3.05, 3.63) is 113 Å². The maximum Gasteiger partial charge on any atom is 0.264 e. The van der Waals surface area contributed by atoms with E-state index in [4.69, 9.17) is 0 Å². The Morgan fingerprint density at radius 2 is 1.50 bits per heavy atom. The summed E-state index contributed by atoms with van der Waals surface area (Å²) >= 11 is 0. The zero-order chi connectivity index (χ0) is 20.7. The van der Waals surface area contributed by atoms with Crippen molar-refractivity contribution in [2.75, 3.05) is 10.8 Å². The number of hydrogen-bond donors (Lipinski definition) is 0. The van der Waals surface area contributed by atoms with E-state index in [0.29, 0.717) is 11.4 Å². The molecule has 5 rings (SSSR count). The number of nitrogens with zero attached hydrogens (tertiary/aromatic N) is 1. The predicted molar refractivity (Wildman–Crippen MR) is 122 cm³/mol. The van der Waals surface area contributed by atoms with Crippen LogP contribution in [0.25, 0.3) is 5.57 Å². The fourth-order valence-corrected chi connectivity index (χ4v) is 5.43. The number of benzene rings is 3. The van der Waals surface area contributed by atoms with Crippen LogP contribution < -0.4 is 4.31 Å². The standard InChI is InChI=1S/C26H23NO2S/c1-19-11-15-23(16-12-19)30(28,29)27-18-22(17-20-13-14-20)26(21-7-3-2-4-8-21)24-9-5-6-10-25(24)27/h2-12,15-17H,13-14,18H2,1H3. The molecule has 1 saturated carbocycles. The van der Waals surface area contributed by atoms with Crippen molar-refractivity contribution >= 4 is 21.3 Å². The number of hydrogen-bond acceptors (Lipinski definition) is 2. The van der Waals surface area contributed by atoms with E-state index in [1.807, 2.05) is 61.5 Å². The van der Waals surface area contributed by atoms with Crippen LogP contribution in [0.1, 0.15) is 29.5 Å². The van der Waals surface area contributed by atoms with E-state index < -0.39 is 10.0 Å². The topological polar surface area (TPSA) is 37.4 Å². The van der Waals surface area contributed by atoms with E-state index in [2.05, 4.69) is 18.2 Å². The second-order valence-corrected chi connectivity index (χ2v) is 9.77. The number of para-hydroxylation sites is 1. The van der Waals surface area contributed by atoms with Gasteiger partial charge in [-0.25, -0.2) is 8.42 Å². The number of fused-ring (bicyclic) bond motifs is 1. The molecule has 150 valence electrons. The molecule has 3 aromatic carbocycles. The summed E-state index contributed by atoms with van der Waals surface area (Å²) in [4.78, 5) is 0.324. The number of sulfonamides is 1. The SMILES string of the molecule is Cc1ccc(S(=O)(=O)N2CC(C=C3CC3)=C(c3ccccc3)c3ccccc32)cc1. The van der Waals surface area contributed by atoms with Crippen LogP contribution in [-0.2, 0) is 10.0 Å². The van der Waals surface area contributed by atoms with E-state index in [1.54, 1.807) is 16.4 Å². The minimum atomic E-state index is -3.68. The second-order valence-electron chi connectivity index (χ2n) is 7.91. The van der Waals surface area contributed by atoms with Crippen molar-refractivity contribution in [3.8, 4) is 0 Å². The first-order chi connectivity index (χ1) is 14.5. The molecule has 0 unspecified atom stereocenters. The molecule has 0 bridgehead atoms. The lowest BCUT2D eigenvalue weighted by Crippen LogP contribution is -2.36. The normalized spacial score (nSPS) is 15.8. The largest absolute Gasteiger partial charge is 0.264 e. The smallest absolute Gasteiger partial charge is 0.261 e. The summed E-state index contributed by atoms with van der Waals surface area (Å²) in [5, 5.41) is 0. The summed E-state index contributed by atoms with van der Waals surface area (Å²) in [7, 11) is -3.68. The van der Waals surface area contributed by atoms with Crippen LogP contribution in [-0.4, -0.2) is 15.0 Å². The molecule has 4 heteroatoms. The highest BCUT2D eigenvalue weighted by Crippen LogP contribution is 2.43. The monoisotopic (exact) mass is 413 g/mol. The molecular formula is C26H23NO2S. The number of anilines is 1.